The number of carbonyl (C=O) groups excluding carboxylic acids is 1. The van der Waals surface area contributed by atoms with Gasteiger partial charge in [0.25, 0.3) is 5.91 Å². The van der Waals surface area contributed by atoms with E-state index in [0.717, 1.165) is 31.9 Å². The maximum atomic E-state index is 12.7. The molecule has 3 aliphatic heterocycles. The fourth-order valence-electron chi connectivity index (χ4n) is 4.18. The Morgan fingerprint density at radius 2 is 1.83 bits per heavy atom. The van der Waals surface area contributed by atoms with Gasteiger partial charge in [0, 0.05) is 26.2 Å². The third kappa shape index (κ3) is 2.62. The first-order valence-electron chi connectivity index (χ1n) is 8.59. The highest BCUT2D eigenvalue weighted by molar-refractivity contribution is 5.97. The molecule has 0 aromatic heterocycles. The number of nitrogens with zero attached hydrogens (tertiary/aromatic N) is 3. The Morgan fingerprint density at radius 1 is 1.09 bits per heavy atom. The van der Waals surface area contributed by atoms with Gasteiger partial charge < -0.3 is 14.5 Å². The maximum absolute atomic E-state index is 12.7. The summed E-state index contributed by atoms with van der Waals surface area (Å²) in [6.07, 6.45) is 2.50. The Hall–Kier alpha value is -1.59. The highest BCUT2D eigenvalue weighted by Gasteiger charge is 2.44. The number of amides is 1. The smallest absolute Gasteiger partial charge is 0.257 e. The molecule has 2 atom stereocenters. The average Bonchev–Trinajstić information content (AvgIpc) is 2.95. The number of rotatable bonds is 1. The molecular formula is C18H25N3O2. The Balaban J connectivity index is 1.54. The largest absolute Gasteiger partial charge is 0.486 e. The van der Waals surface area contributed by atoms with Crippen molar-refractivity contribution < 1.29 is 9.53 Å². The van der Waals surface area contributed by atoms with E-state index in [2.05, 4.69) is 16.8 Å². The first-order chi connectivity index (χ1) is 11.1. The van der Waals surface area contributed by atoms with Crippen molar-refractivity contribution in [1.82, 2.24) is 14.7 Å². The highest BCUT2D eigenvalue weighted by atomic mass is 16.5. The second-order valence-corrected chi connectivity index (χ2v) is 7.12. The molecule has 4 rings (SSSR count). The molecule has 3 aliphatic rings. The second-order valence-electron chi connectivity index (χ2n) is 7.12. The zero-order valence-corrected chi connectivity index (χ0v) is 13.9. The molecule has 5 nitrogen and oxygen atoms in total. The van der Waals surface area contributed by atoms with Crippen molar-refractivity contribution in [2.75, 3.05) is 40.3 Å². The molecule has 0 saturated carbocycles. The van der Waals surface area contributed by atoms with Crippen molar-refractivity contribution in [3.8, 4) is 5.75 Å². The molecule has 0 radical (unpaired) electrons. The first-order valence-corrected chi connectivity index (χ1v) is 8.59. The van der Waals surface area contributed by atoms with Crippen LogP contribution in [0, 0.1) is 0 Å². The summed E-state index contributed by atoms with van der Waals surface area (Å²) in [5, 5.41) is 0. The number of benzene rings is 1. The highest BCUT2D eigenvalue weighted by Crippen LogP contribution is 2.32. The molecule has 2 fully saturated rings. The Kier molecular flexibility index (Phi) is 3.77. The summed E-state index contributed by atoms with van der Waals surface area (Å²) in [6, 6.07) is 8.40. The van der Waals surface area contributed by atoms with Gasteiger partial charge in [-0.3, -0.25) is 9.69 Å². The lowest BCUT2D eigenvalue weighted by molar-refractivity contribution is 0.0679. The molecule has 0 unspecified atom stereocenters. The van der Waals surface area contributed by atoms with E-state index in [1.807, 2.05) is 36.2 Å². The predicted octanol–water partition coefficient (Wildman–Crippen LogP) is 1.30. The van der Waals surface area contributed by atoms with Crippen molar-refractivity contribution in [3.05, 3.63) is 29.8 Å². The van der Waals surface area contributed by atoms with Crippen LogP contribution in [-0.2, 0) is 0 Å². The van der Waals surface area contributed by atoms with Gasteiger partial charge in [-0.2, -0.15) is 0 Å². The lowest BCUT2D eigenvalue weighted by Gasteiger charge is -2.35. The number of likely N-dealkylation sites (N-methyl/N-ethyl adjacent to an activating group) is 1. The molecule has 2 saturated heterocycles. The maximum Gasteiger partial charge on any atom is 0.257 e. The molecular weight excluding hydrogens is 290 g/mol. The van der Waals surface area contributed by atoms with E-state index in [1.54, 1.807) is 0 Å². The van der Waals surface area contributed by atoms with E-state index >= 15 is 0 Å². The number of likely N-dealkylation sites (tertiary alicyclic amines) is 2. The number of para-hydroxylation sites is 1. The number of hydrogen-bond acceptors (Lipinski definition) is 4. The van der Waals surface area contributed by atoms with Gasteiger partial charge in [0.2, 0.25) is 0 Å². The van der Waals surface area contributed by atoms with Crippen LogP contribution in [0.25, 0.3) is 0 Å². The first kappa shape index (κ1) is 15.0. The zero-order chi connectivity index (χ0) is 16.0. The summed E-state index contributed by atoms with van der Waals surface area (Å²) in [5.41, 5.74) is 0.690. The number of ether oxygens (including phenoxy) is 1. The SMILES string of the molecule is CN1CCC(N2C[C@@H]3Oc4ccccc4C(=O)N(C)[C@@H]3C2)CC1. The van der Waals surface area contributed by atoms with Crippen LogP contribution in [0.4, 0.5) is 0 Å². The van der Waals surface area contributed by atoms with E-state index in [0.29, 0.717) is 11.6 Å². The summed E-state index contributed by atoms with van der Waals surface area (Å²) in [5.74, 6) is 0.820. The average molecular weight is 315 g/mol. The Labute approximate surface area is 137 Å². The van der Waals surface area contributed by atoms with Gasteiger partial charge in [0.05, 0.1) is 11.6 Å². The quantitative estimate of drug-likeness (QED) is 0.783. The predicted molar refractivity (Wildman–Crippen MR) is 88.8 cm³/mol. The molecule has 124 valence electrons. The van der Waals surface area contributed by atoms with Crippen molar-refractivity contribution in [1.29, 1.82) is 0 Å². The summed E-state index contributed by atoms with van der Waals surface area (Å²) in [4.78, 5) is 19.6. The fourth-order valence-corrected chi connectivity index (χ4v) is 4.18. The topological polar surface area (TPSA) is 36.0 Å². The van der Waals surface area contributed by atoms with Gasteiger partial charge in [-0.15, -0.1) is 0 Å². The summed E-state index contributed by atoms with van der Waals surface area (Å²) in [7, 11) is 4.11. The van der Waals surface area contributed by atoms with Crippen molar-refractivity contribution in [3.63, 3.8) is 0 Å². The van der Waals surface area contributed by atoms with Crippen LogP contribution in [0.5, 0.6) is 5.75 Å². The zero-order valence-electron chi connectivity index (χ0n) is 13.9. The molecule has 1 aromatic rings. The molecule has 0 aliphatic carbocycles. The van der Waals surface area contributed by atoms with Gasteiger partial charge >= 0.3 is 0 Å². The molecule has 23 heavy (non-hydrogen) atoms. The molecule has 5 heteroatoms. The van der Waals surface area contributed by atoms with E-state index < -0.39 is 0 Å². The lowest BCUT2D eigenvalue weighted by atomic mass is 10.0. The van der Waals surface area contributed by atoms with Crippen molar-refractivity contribution >= 4 is 5.91 Å². The molecule has 1 amide bonds. The summed E-state index contributed by atoms with van der Waals surface area (Å²) < 4.78 is 6.25. The molecule has 0 spiro atoms. The number of hydrogen-bond donors (Lipinski definition) is 0. The molecule has 0 bridgehead atoms. The lowest BCUT2D eigenvalue weighted by Crippen LogP contribution is -2.45. The third-order valence-electron chi connectivity index (χ3n) is 5.68. The minimum Gasteiger partial charge on any atom is -0.486 e. The molecule has 1 aromatic carbocycles. The standard InChI is InChI=1S/C18H25N3O2/c1-19-9-7-13(8-10-19)21-11-15-17(12-21)23-16-6-4-3-5-14(16)18(22)20(15)2/h3-6,13,15,17H,7-12H2,1-2H3/t15-,17+/m1/s1. The van der Waals surface area contributed by atoms with Crippen LogP contribution in [0.2, 0.25) is 0 Å². The summed E-state index contributed by atoms with van der Waals surface area (Å²) >= 11 is 0. The number of carbonyl (C=O) groups is 1. The Bertz CT molecular complexity index is 598. The molecule has 3 heterocycles. The second kappa shape index (κ2) is 5.80. The molecule has 0 N–H and O–H groups in total. The van der Waals surface area contributed by atoms with Gasteiger partial charge in [-0.05, 0) is 45.1 Å². The van der Waals surface area contributed by atoms with E-state index in [-0.39, 0.29) is 18.1 Å². The third-order valence-corrected chi connectivity index (χ3v) is 5.68. The van der Waals surface area contributed by atoms with Crippen molar-refractivity contribution in [2.24, 2.45) is 0 Å². The minimum absolute atomic E-state index is 0.0762. The van der Waals surface area contributed by atoms with Crippen LogP contribution in [0.3, 0.4) is 0 Å². The van der Waals surface area contributed by atoms with Crippen LogP contribution >= 0.6 is 0 Å². The van der Waals surface area contributed by atoms with Gasteiger partial charge in [-0.1, -0.05) is 12.1 Å². The minimum atomic E-state index is 0.0762. The van der Waals surface area contributed by atoms with Gasteiger partial charge in [0.1, 0.15) is 11.9 Å². The van der Waals surface area contributed by atoms with E-state index in [4.69, 9.17) is 4.74 Å². The van der Waals surface area contributed by atoms with E-state index in [1.165, 1.54) is 12.8 Å². The monoisotopic (exact) mass is 315 g/mol. The number of fused-ring (bicyclic) bond motifs is 2. The van der Waals surface area contributed by atoms with Crippen LogP contribution < -0.4 is 4.74 Å². The van der Waals surface area contributed by atoms with Crippen molar-refractivity contribution in [2.45, 2.75) is 31.0 Å². The fraction of sp³-hybridized carbons (Fsp3) is 0.611. The number of piperidine rings is 1. The normalized spacial score (nSPS) is 29.8. The summed E-state index contributed by atoms with van der Waals surface area (Å²) in [6.45, 7) is 4.17. The van der Waals surface area contributed by atoms with Crippen LogP contribution in [0.15, 0.2) is 24.3 Å². The van der Waals surface area contributed by atoms with Crippen LogP contribution in [0.1, 0.15) is 23.2 Å². The van der Waals surface area contributed by atoms with Gasteiger partial charge in [0.15, 0.2) is 0 Å². The van der Waals surface area contributed by atoms with Crippen LogP contribution in [-0.4, -0.2) is 79.1 Å². The van der Waals surface area contributed by atoms with E-state index in [9.17, 15) is 4.79 Å². The Morgan fingerprint density at radius 3 is 2.61 bits per heavy atom. The van der Waals surface area contributed by atoms with Gasteiger partial charge in [-0.25, -0.2) is 0 Å².